The zero-order chi connectivity index (χ0) is 12.3. The van der Waals surface area contributed by atoms with E-state index in [1.54, 1.807) is 13.8 Å². The van der Waals surface area contributed by atoms with E-state index in [4.69, 9.17) is 9.15 Å². The van der Waals surface area contributed by atoms with Crippen LogP contribution in [0.1, 0.15) is 29.1 Å². The summed E-state index contributed by atoms with van der Waals surface area (Å²) in [6, 6.07) is 0.808. The maximum absolute atomic E-state index is 11.6. The molecule has 0 aromatic carbocycles. The number of oxazole rings is 1. The minimum Gasteiger partial charge on any atom is -0.461 e. The Bertz CT molecular complexity index is 379. The highest BCUT2D eigenvalue weighted by Gasteiger charge is 2.25. The number of hydrogen-bond donors (Lipinski definition) is 0. The standard InChI is InChI=1S/C11H19NO3Si/c1-6-14-11(13)10-9(7-16(3,4)5)15-8(2)12-10/h6-7H2,1-5H3. The smallest absolute Gasteiger partial charge is 0.360 e. The van der Waals surface area contributed by atoms with Gasteiger partial charge in [-0.2, -0.15) is 0 Å². The molecule has 0 bridgehead atoms. The minimum absolute atomic E-state index is 0.349. The van der Waals surface area contributed by atoms with Crippen LogP contribution in [0.15, 0.2) is 4.42 Å². The van der Waals surface area contributed by atoms with Crippen LogP contribution in [0, 0.1) is 6.92 Å². The van der Waals surface area contributed by atoms with E-state index in [-0.39, 0.29) is 5.97 Å². The van der Waals surface area contributed by atoms with Crippen molar-refractivity contribution in [2.45, 2.75) is 39.5 Å². The van der Waals surface area contributed by atoms with Gasteiger partial charge in [0.15, 0.2) is 11.6 Å². The quantitative estimate of drug-likeness (QED) is 0.600. The average molecular weight is 241 g/mol. The predicted molar refractivity (Wildman–Crippen MR) is 64.2 cm³/mol. The third kappa shape index (κ3) is 3.48. The number of esters is 1. The van der Waals surface area contributed by atoms with Crippen molar-refractivity contribution in [3.63, 3.8) is 0 Å². The molecule has 16 heavy (non-hydrogen) atoms. The second-order valence-corrected chi connectivity index (χ2v) is 10.4. The van der Waals surface area contributed by atoms with Gasteiger partial charge in [0.25, 0.3) is 0 Å². The van der Waals surface area contributed by atoms with Crippen molar-refractivity contribution < 1.29 is 13.9 Å². The van der Waals surface area contributed by atoms with Crippen molar-refractivity contribution in [3.8, 4) is 0 Å². The second-order valence-electron chi connectivity index (χ2n) is 4.96. The summed E-state index contributed by atoms with van der Waals surface area (Å²) in [6.07, 6.45) is 0. The van der Waals surface area contributed by atoms with E-state index >= 15 is 0 Å². The molecule has 1 aromatic heterocycles. The first-order chi connectivity index (χ1) is 7.33. The largest absolute Gasteiger partial charge is 0.461 e. The van der Waals surface area contributed by atoms with Gasteiger partial charge < -0.3 is 9.15 Å². The lowest BCUT2D eigenvalue weighted by atomic mass is 10.4. The van der Waals surface area contributed by atoms with Crippen molar-refractivity contribution >= 4 is 14.0 Å². The van der Waals surface area contributed by atoms with Crippen LogP contribution in [0.5, 0.6) is 0 Å². The third-order valence-electron chi connectivity index (χ3n) is 1.96. The van der Waals surface area contributed by atoms with Gasteiger partial charge in [-0.05, 0) is 6.92 Å². The highest BCUT2D eigenvalue weighted by molar-refractivity contribution is 6.75. The molecule has 0 saturated heterocycles. The molecule has 0 fully saturated rings. The minimum atomic E-state index is -1.33. The van der Waals surface area contributed by atoms with Crippen molar-refractivity contribution in [1.82, 2.24) is 4.98 Å². The molecular formula is C11H19NO3Si. The number of aromatic nitrogens is 1. The number of rotatable bonds is 4. The molecule has 0 unspecified atom stereocenters. The van der Waals surface area contributed by atoms with Gasteiger partial charge in [-0.1, -0.05) is 19.6 Å². The Labute approximate surface area is 97.0 Å². The maximum Gasteiger partial charge on any atom is 0.360 e. The molecule has 4 nitrogen and oxygen atoms in total. The monoisotopic (exact) mass is 241 g/mol. The van der Waals surface area contributed by atoms with Gasteiger partial charge in [0.1, 0.15) is 5.76 Å². The summed E-state index contributed by atoms with van der Waals surface area (Å²) in [7, 11) is -1.33. The van der Waals surface area contributed by atoms with Gasteiger partial charge in [-0.15, -0.1) is 0 Å². The van der Waals surface area contributed by atoms with E-state index in [1.165, 1.54) is 0 Å². The molecule has 0 N–H and O–H groups in total. The Morgan fingerprint density at radius 2 is 2.06 bits per heavy atom. The van der Waals surface area contributed by atoms with Crippen molar-refractivity contribution in [2.24, 2.45) is 0 Å². The Kier molecular flexibility index (Phi) is 3.91. The molecule has 1 heterocycles. The lowest BCUT2D eigenvalue weighted by molar-refractivity contribution is 0.0518. The number of carbonyl (C=O) groups excluding carboxylic acids is 1. The maximum atomic E-state index is 11.6. The molecule has 0 radical (unpaired) electrons. The number of ether oxygens (including phenoxy) is 1. The van der Waals surface area contributed by atoms with Crippen LogP contribution in [0.2, 0.25) is 19.6 Å². The zero-order valence-electron chi connectivity index (χ0n) is 10.6. The van der Waals surface area contributed by atoms with Gasteiger partial charge in [-0.3, -0.25) is 0 Å². The SMILES string of the molecule is CCOC(=O)c1nc(C)oc1C[Si](C)(C)C. The van der Waals surface area contributed by atoms with Gasteiger partial charge in [0.05, 0.1) is 14.7 Å². The van der Waals surface area contributed by atoms with E-state index < -0.39 is 8.07 Å². The molecule has 0 atom stereocenters. The first-order valence-electron chi connectivity index (χ1n) is 5.47. The first kappa shape index (κ1) is 13.0. The van der Waals surface area contributed by atoms with Crippen molar-refractivity contribution in [1.29, 1.82) is 0 Å². The number of aryl methyl sites for hydroxylation is 1. The van der Waals surface area contributed by atoms with Crippen molar-refractivity contribution in [2.75, 3.05) is 6.61 Å². The summed E-state index contributed by atoms with van der Waals surface area (Å²) in [6.45, 7) is 10.6. The molecular weight excluding hydrogens is 222 g/mol. The highest BCUT2D eigenvalue weighted by Crippen LogP contribution is 2.18. The van der Waals surface area contributed by atoms with E-state index in [0.29, 0.717) is 24.0 Å². The van der Waals surface area contributed by atoms with Crippen LogP contribution in [-0.2, 0) is 10.8 Å². The summed E-state index contributed by atoms with van der Waals surface area (Å²) in [5.41, 5.74) is 0.349. The fourth-order valence-corrected chi connectivity index (χ4v) is 2.63. The fraction of sp³-hybridized carbons (Fsp3) is 0.636. The average Bonchev–Trinajstić information content (AvgIpc) is 2.44. The van der Waals surface area contributed by atoms with Crippen LogP contribution in [0.4, 0.5) is 0 Å². The van der Waals surface area contributed by atoms with Gasteiger partial charge in [0.2, 0.25) is 0 Å². The first-order valence-corrected chi connectivity index (χ1v) is 9.17. The van der Waals surface area contributed by atoms with Gasteiger partial charge in [0, 0.05) is 13.0 Å². The van der Waals surface area contributed by atoms with Crippen LogP contribution < -0.4 is 0 Å². The van der Waals surface area contributed by atoms with Crippen molar-refractivity contribution in [3.05, 3.63) is 17.3 Å². The summed E-state index contributed by atoms with van der Waals surface area (Å²) in [5, 5.41) is 0. The fourth-order valence-electron chi connectivity index (χ4n) is 1.43. The Balaban J connectivity index is 2.96. The Morgan fingerprint density at radius 1 is 1.44 bits per heavy atom. The molecule has 5 heteroatoms. The summed E-state index contributed by atoms with van der Waals surface area (Å²) in [4.78, 5) is 15.7. The second kappa shape index (κ2) is 4.82. The third-order valence-corrected chi connectivity index (χ3v) is 3.35. The number of nitrogens with zero attached hydrogens (tertiary/aromatic N) is 1. The summed E-state index contributed by atoms with van der Waals surface area (Å²) < 4.78 is 10.4. The molecule has 0 amide bonds. The summed E-state index contributed by atoms with van der Waals surface area (Å²) in [5.74, 6) is 0.819. The molecule has 0 aliphatic rings. The number of carbonyl (C=O) groups is 1. The highest BCUT2D eigenvalue weighted by atomic mass is 28.3. The summed E-state index contributed by atoms with van der Waals surface area (Å²) >= 11 is 0. The van der Waals surface area contributed by atoms with Crippen LogP contribution in [0.3, 0.4) is 0 Å². The molecule has 1 rings (SSSR count). The van der Waals surface area contributed by atoms with Crippen LogP contribution in [-0.4, -0.2) is 25.6 Å². The Hall–Kier alpha value is -1.10. The topological polar surface area (TPSA) is 52.3 Å². The van der Waals surface area contributed by atoms with Crippen LogP contribution >= 0.6 is 0 Å². The zero-order valence-corrected chi connectivity index (χ0v) is 11.6. The molecule has 0 aliphatic carbocycles. The molecule has 1 aromatic rings. The lowest BCUT2D eigenvalue weighted by Crippen LogP contribution is -2.25. The number of hydrogen-bond acceptors (Lipinski definition) is 4. The van der Waals surface area contributed by atoms with E-state index in [2.05, 4.69) is 24.6 Å². The molecule has 90 valence electrons. The van der Waals surface area contributed by atoms with E-state index in [1.807, 2.05) is 0 Å². The molecule has 0 saturated carbocycles. The molecule has 0 spiro atoms. The normalized spacial score (nSPS) is 11.6. The molecule has 0 aliphatic heterocycles. The lowest BCUT2D eigenvalue weighted by Gasteiger charge is -2.13. The van der Waals surface area contributed by atoms with E-state index in [9.17, 15) is 4.79 Å². The predicted octanol–water partition coefficient (Wildman–Crippen LogP) is 2.58. The van der Waals surface area contributed by atoms with Crippen LogP contribution in [0.25, 0.3) is 0 Å². The van der Waals surface area contributed by atoms with E-state index in [0.717, 1.165) is 6.04 Å². The van der Waals surface area contributed by atoms with Gasteiger partial charge in [-0.25, -0.2) is 9.78 Å². The Morgan fingerprint density at radius 3 is 2.56 bits per heavy atom. The van der Waals surface area contributed by atoms with Gasteiger partial charge >= 0.3 is 5.97 Å².